The van der Waals surface area contributed by atoms with Crippen LogP contribution >= 0.6 is 11.3 Å². The zero-order valence-corrected chi connectivity index (χ0v) is 10.7. The van der Waals surface area contributed by atoms with Crippen molar-refractivity contribution in [2.45, 2.75) is 12.8 Å². The van der Waals surface area contributed by atoms with Gasteiger partial charge in [0.05, 0.1) is 5.56 Å². The molecule has 2 rings (SSSR count). The number of aryl methyl sites for hydroxylation is 1. The maximum absolute atomic E-state index is 13.5. The molecular weight excluding hydrogens is 256 g/mol. The van der Waals surface area contributed by atoms with Crippen LogP contribution in [0.25, 0.3) is 10.6 Å². The van der Waals surface area contributed by atoms with Crippen LogP contribution in [0.2, 0.25) is 0 Å². The molecule has 1 aromatic heterocycles. The molecular formula is C12H13F2N3S. The van der Waals surface area contributed by atoms with Crippen LogP contribution in [0.3, 0.4) is 0 Å². The van der Waals surface area contributed by atoms with Crippen molar-refractivity contribution in [2.75, 3.05) is 13.6 Å². The molecule has 0 bridgehead atoms. The van der Waals surface area contributed by atoms with Crippen molar-refractivity contribution in [3.05, 3.63) is 34.8 Å². The monoisotopic (exact) mass is 269 g/mol. The molecule has 18 heavy (non-hydrogen) atoms. The van der Waals surface area contributed by atoms with E-state index >= 15 is 0 Å². The molecule has 0 aliphatic heterocycles. The number of halogens is 2. The van der Waals surface area contributed by atoms with Crippen molar-refractivity contribution < 1.29 is 8.78 Å². The fraction of sp³-hybridized carbons (Fsp3) is 0.333. The largest absolute Gasteiger partial charge is 0.320 e. The van der Waals surface area contributed by atoms with Crippen molar-refractivity contribution >= 4 is 11.3 Å². The van der Waals surface area contributed by atoms with Crippen LogP contribution in [-0.4, -0.2) is 23.8 Å². The third-order valence-corrected chi connectivity index (χ3v) is 3.46. The first-order valence-electron chi connectivity index (χ1n) is 5.63. The van der Waals surface area contributed by atoms with Crippen LogP contribution in [0.15, 0.2) is 18.2 Å². The molecule has 1 heterocycles. The quantitative estimate of drug-likeness (QED) is 0.848. The molecule has 3 nitrogen and oxygen atoms in total. The van der Waals surface area contributed by atoms with Crippen molar-refractivity contribution in [2.24, 2.45) is 0 Å². The lowest BCUT2D eigenvalue weighted by atomic mass is 10.2. The highest BCUT2D eigenvalue weighted by atomic mass is 32.1. The Morgan fingerprint density at radius 1 is 1.28 bits per heavy atom. The van der Waals surface area contributed by atoms with E-state index in [1.54, 1.807) is 0 Å². The van der Waals surface area contributed by atoms with Gasteiger partial charge in [-0.2, -0.15) is 0 Å². The molecule has 0 saturated heterocycles. The number of hydrogen-bond acceptors (Lipinski definition) is 4. The molecule has 0 spiro atoms. The summed E-state index contributed by atoms with van der Waals surface area (Å²) < 4.78 is 26.6. The minimum atomic E-state index is -0.477. The van der Waals surface area contributed by atoms with Crippen LogP contribution < -0.4 is 5.32 Å². The molecule has 96 valence electrons. The molecule has 1 N–H and O–H groups in total. The number of nitrogens with one attached hydrogen (secondary N) is 1. The predicted octanol–water partition coefficient (Wildman–Crippen LogP) is 2.64. The van der Waals surface area contributed by atoms with Gasteiger partial charge in [0.1, 0.15) is 16.6 Å². The summed E-state index contributed by atoms with van der Waals surface area (Å²) in [6.45, 7) is 0.892. The molecule has 0 fully saturated rings. The summed E-state index contributed by atoms with van der Waals surface area (Å²) in [7, 11) is 1.88. The third kappa shape index (κ3) is 3.08. The summed E-state index contributed by atoms with van der Waals surface area (Å²) in [6.07, 6.45) is 1.73. The fourth-order valence-corrected chi connectivity index (χ4v) is 2.44. The number of nitrogens with zero attached hydrogens (tertiary/aromatic N) is 2. The molecule has 2 aromatic rings. The summed E-state index contributed by atoms with van der Waals surface area (Å²) in [5, 5.41) is 12.2. The summed E-state index contributed by atoms with van der Waals surface area (Å²) >= 11 is 1.30. The SMILES string of the molecule is CNCCCc1nnc(-c2cc(F)ccc2F)s1. The van der Waals surface area contributed by atoms with Gasteiger partial charge in [-0.1, -0.05) is 11.3 Å². The second-order valence-corrected chi connectivity index (χ2v) is 4.89. The molecule has 0 saturated carbocycles. The van der Waals surface area contributed by atoms with E-state index in [4.69, 9.17) is 0 Å². The fourth-order valence-electron chi connectivity index (χ4n) is 1.54. The van der Waals surface area contributed by atoms with Crippen LogP contribution in [0, 0.1) is 11.6 Å². The van der Waals surface area contributed by atoms with Gasteiger partial charge in [-0.3, -0.25) is 0 Å². The number of hydrogen-bond donors (Lipinski definition) is 1. The maximum Gasteiger partial charge on any atom is 0.150 e. The summed E-state index contributed by atoms with van der Waals surface area (Å²) in [5.41, 5.74) is 0.173. The summed E-state index contributed by atoms with van der Waals surface area (Å²) in [5.74, 6) is -0.951. The molecule has 0 amide bonds. The lowest BCUT2D eigenvalue weighted by Gasteiger charge is -1.97. The first-order chi connectivity index (χ1) is 8.70. The molecule has 6 heteroatoms. The molecule has 0 atom stereocenters. The van der Waals surface area contributed by atoms with Crippen LogP contribution in [-0.2, 0) is 6.42 Å². The molecule has 0 aliphatic rings. The van der Waals surface area contributed by atoms with Crippen molar-refractivity contribution in [1.29, 1.82) is 0 Å². The number of rotatable bonds is 5. The lowest BCUT2D eigenvalue weighted by molar-refractivity contribution is 0.603. The van der Waals surface area contributed by atoms with Crippen LogP contribution in [0.5, 0.6) is 0 Å². The zero-order chi connectivity index (χ0) is 13.0. The first-order valence-corrected chi connectivity index (χ1v) is 6.45. The Labute approximate surface area is 108 Å². The molecule has 0 radical (unpaired) electrons. The smallest absolute Gasteiger partial charge is 0.150 e. The van der Waals surface area contributed by atoms with Crippen LogP contribution in [0.4, 0.5) is 8.78 Å². The second kappa shape index (κ2) is 5.97. The Morgan fingerprint density at radius 3 is 2.89 bits per heavy atom. The van der Waals surface area contributed by atoms with Gasteiger partial charge >= 0.3 is 0 Å². The Bertz CT molecular complexity index is 528. The van der Waals surface area contributed by atoms with E-state index in [-0.39, 0.29) is 5.56 Å². The summed E-state index contributed by atoms with van der Waals surface area (Å²) in [6, 6.07) is 3.34. The van der Waals surface area contributed by atoms with Gasteiger partial charge in [0.25, 0.3) is 0 Å². The number of benzene rings is 1. The average molecular weight is 269 g/mol. The topological polar surface area (TPSA) is 37.8 Å². The normalized spacial score (nSPS) is 10.8. The van der Waals surface area contributed by atoms with Gasteiger partial charge in [0.15, 0.2) is 5.01 Å². The molecule has 0 unspecified atom stereocenters. The van der Waals surface area contributed by atoms with E-state index in [9.17, 15) is 8.78 Å². The predicted molar refractivity (Wildman–Crippen MR) is 67.5 cm³/mol. The average Bonchev–Trinajstić information content (AvgIpc) is 2.81. The van der Waals surface area contributed by atoms with Gasteiger partial charge in [0.2, 0.25) is 0 Å². The first kappa shape index (κ1) is 13.0. The van der Waals surface area contributed by atoms with E-state index in [1.165, 1.54) is 11.3 Å². The minimum Gasteiger partial charge on any atom is -0.320 e. The Morgan fingerprint density at radius 2 is 2.11 bits per heavy atom. The van der Waals surface area contributed by atoms with E-state index in [0.717, 1.165) is 42.6 Å². The van der Waals surface area contributed by atoms with E-state index in [0.29, 0.717) is 5.01 Å². The van der Waals surface area contributed by atoms with E-state index in [2.05, 4.69) is 15.5 Å². The molecule has 1 aromatic carbocycles. The highest BCUT2D eigenvalue weighted by molar-refractivity contribution is 7.14. The minimum absolute atomic E-state index is 0.173. The standard InChI is InChI=1S/C12H13F2N3S/c1-15-6-2-3-11-16-17-12(18-11)9-7-8(13)4-5-10(9)14/h4-5,7,15H,2-3,6H2,1H3. The summed E-state index contributed by atoms with van der Waals surface area (Å²) in [4.78, 5) is 0. The van der Waals surface area contributed by atoms with E-state index in [1.807, 2.05) is 7.05 Å². The zero-order valence-electron chi connectivity index (χ0n) is 9.91. The molecule has 0 aliphatic carbocycles. The Balaban J connectivity index is 2.16. The number of aromatic nitrogens is 2. The Hall–Kier alpha value is -1.40. The maximum atomic E-state index is 13.5. The van der Waals surface area contributed by atoms with Gasteiger partial charge in [-0.05, 0) is 38.2 Å². The van der Waals surface area contributed by atoms with Crippen LogP contribution in [0.1, 0.15) is 11.4 Å². The van der Waals surface area contributed by atoms with Crippen molar-refractivity contribution in [1.82, 2.24) is 15.5 Å². The third-order valence-electron chi connectivity index (χ3n) is 2.44. The lowest BCUT2D eigenvalue weighted by Crippen LogP contribution is -2.08. The Kier molecular flexibility index (Phi) is 4.33. The van der Waals surface area contributed by atoms with Crippen molar-refractivity contribution in [3.63, 3.8) is 0 Å². The second-order valence-electron chi connectivity index (χ2n) is 3.83. The van der Waals surface area contributed by atoms with Gasteiger partial charge in [0, 0.05) is 6.42 Å². The highest BCUT2D eigenvalue weighted by Crippen LogP contribution is 2.27. The van der Waals surface area contributed by atoms with Gasteiger partial charge in [-0.25, -0.2) is 8.78 Å². The van der Waals surface area contributed by atoms with Gasteiger partial charge in [-0.15, -0.1) is 10.2 Å². The van der Waals surface area contributed by atoms with Gasteiger partial charge < -0.3 is 5.32 Å². The van der Waals surface area contributed by atoms with Crippen molar-refractivity contribution in [3.8, 4) is 10.6 Å². The highest BCUT2D eigenvalue weighted by Gasteiger charge is 2.12. The van der Waals surface area contributed by atoms with E-state index < -0.39 is 11.6 Å².